The smallest absolute Gasteiger partial charge is 0.507 e. The second-order valence-electron chi connectivity index (χ2n) is 7.46. The van der Waals surface area contributed by atoms with Crippen molar-refractivity contribution < 1.29 is 32.6 Å². The second kappa shape index (κ2) is 8.94. The van der Waals surface area contributed by atoms with Gasteiger partial charge in [-0.15, -0.1) is 13.2 Å². The summed E-state index contributed by atoms with van der Waals surface area (Å²) >= 11 is 3.38. The zero-order valence-corrected chi connectivity index (χ0v) is 19.1. The Morgan fingerprint density at radius 1 is 1.12 bits per heavy atom. The van der Waals surface area contributed by atoms with Crippen LogP contribution in [0.4, 0.5) is 18.9 Å². The molecule has 1 atom stereocenters. The molecule has 4 rings (SSSR count). The number of rotatable bonds is 4. The molecule has 0 radical (unpaired) electrons. The molecule has 2 heterocycles. The lowest BCUT2D eigenvalue weighted by Crippen LogP contribution is -2.29. The Kier molecular flexibility index (Phi) is 6.18. The summed E-state index contributed by atoms with van der Waals surface area (Å²) in [6.45, 7) is 1.81. The van der Waals surface area contributed by atoms with E-state index >= 15 is 0 Å². The monoisotopic (exact) mass is 532 g/mol. The molecule has 1 N–H and O–H groups in total. The van der Waals surface area contributed by atoms with Gasteiger partial charge in [0.1, 0.15) is 11.5 Å². The molecule has 10 heteroatoms. The minimum Gasteiger partial charge on any atom is -0.507 e. The predicted octanol–water partition coefficient (Wildman–Crippen LogP) is 5.68. The minimum absolute atomic E-state index is 0.150. The summed E-state index contributed by atoms with van der Waals surface area (Å²) in [7, 11) is 0. The molecule has 2 aromatic carbocycles. The first kappa shape index (κ1) is 23.5. The van der Waals surface area contributed by atoms with Crippen molar-refractivity contribution in [3.8, 4) is 5.75 Å². The highest BCUT2D eigenvalue weighted by molar-refractivity contribution is 9.10. The molecular weight excluding hydrogens is 517 g/mol. The summed E-state index contributed by atoms with van der Waals surface area (Å²) in [4.78, 5) is 31.3. The van der Waals surface area contributed by atoms with Crippen LogP contribution >= 0.6 is 15.9 Å². The fourth-order valence-corrected chi connectivity index (χ4v) is 3.95. The van der Waals surface area contributed by atoms with Crippen molar-refractivity contribution in [1.29, 1.82) is 0 Å². The number of aryl methyl sites for hydroxylation is 1. The molecule has 3 aromatic rings. The Bertz CT molecular complexity index is 1290. The van der Waals surface area contributed by atoms with Crippen molar-refractivity contribution in [1.82, 2.24) is 4.98 Å². The van der Waals surface area contributed by atoms with Gasteiger partial charge in [0.05, 0.1) is 11.6 Å². The number of hydrogen-bond donors (Lipinski definition) is 1. The fourth-order valence-electron chi connectivity index (χ4n) is 3.71. The number of carbonyl (C=O) groups excluding carboxylic acids is 2. The molecule has 1 aliphatic rings. The van der Waals surface area contributed by atoms with E-state index in [1.807, 2.05) is 6.92 Å². The standard InChI is InChI=1S/C24H16BrF3N2O4/c1-13-11-14(4-9-18(13)25)21(31)19-20(15-3-2-10-29-12-15)30(23(33)22(19)32)16-5-7-17(8-6-16)34-24(26,27)28/h2-12,20,31H,1H3/b21-19-. The second-order valence-corrected chi connectivity index (χ2v) is 8.32. The molecule has 1 aromatic heterocycles. The molecule has 0 spiro atoms. The first-order chi connectivity index (χ1) is 16.1. The average molecular weight is 533 g/mol. The van der Waals surface area contributed by atoms with Gasteiger partial charge in [0.15, 0.2) is 0 Å². The van der Waals surface area contributed by atoms with E-state index in [-0.39, 0.29) is 17.0 Å². The summed E-state index contributed by atoms with van der Waals surface area (Å²) in [6, 6.07) is 11.7. The van der Waals surface area contributed by atoms with Gasteiger partial charge in [0, 0.05) is 28.1 Å². The lowest BCUT2D eigenvalue weighted by atomic mass is 9.95. The fraction of sp³-hybridized carbons (Fsp3) is 0.125. The van der Waals surface area contributed by atoms with Crippen molar-refractivity contribution in [2.45, 2.75) is 19.3 Å². The van der Waals surface area contributed by atoms with E-state index in [1.165, 1.54) is 24.5 Å². The summed E-state index contributed by atoms with van der Waals surface area (Å²) in [5.74, 6) is -2.71. The van der Waals surface area contributed by atoms with E-state index in [4.69, 9.17) is 0 Å². The molecule has 34 heavy (non-hydrogen) atoms. The van der Waals surface area contributed by atoms with Gasteiger partial charge in [-0.1, -0.05) is 28.1 Å². The number of aromatic nitrogens is 1. The number of halogens is 4. The van der Waals surface area contributed by atoms with E-state index in [0.29, 0.717) is 11.1 Å². The molecule has 174 valence electrons. The molecule has 0 bridgehead atoms. The van der Waals surface area contributed by atoms with Gasteiger partial charge >= 0.3 is 6.36 Å². The highest BCUT2D eigenvalue weighted by Gasteiger charge is 2.47. The van der Waals surface area contributed by atoms with Crippen LogP contribution in [0.1, 0.15) is 22.7 Å². The van der Waals surface area contributed by atoms with Crippen molar-refractivity contribution in [3.05, 3.63) is 93.7 Å². The highest BCUT2D eigenvalue weighted by Crippen LogP contribution is 2.42. The van der Waals surface area contributed by atoms with E-state index in [1.54, 1.807) is 30.3 Å². The van der Waals surface area contributed by atoms with Gasteiger partial charge in [-0.2, -0.15) is 0 Å². The number of alkyl halides is 3. The molecular formula is C24H16BrF3N2O4. The van der Waals surface area contributed by atoms with E-state index in [0.717, 1.165) is 27.1 Å². The third-order valence-corrected chi connectivity index (χ3v) is 6.11. The topological polar surface area (TPSA) is 79.7 Å². The van der Waals surface area contributed by atoms with Gasteiger partial charge in [0.25, 0.3) is 11.7 Å². The van der Waals surface area contributed by atoms with E-state index in [2.05, 4.69) is 25.7 Å². The van der Waals surface area contributed by atoms with E-state index < -0.39 is 29.8 Å². The van der Waals surface area contributed by atoms with Crippen LogP contribution in [0.15, 0.2) is 77.0 Å². The molecule has 1 fully saturated rings. The molecule has 6 nitrogen and oxygen atoms in total. The van der Waals surface area contributed by atoms with Crippen LogP contribution in [0.25, 0.3) is 5.76 Å². The number of hydrogen-bond acceptors (Lipinski definition) is 5. The third-order valence-electron chi connectivity index (χ3n) is 5.22. The first-order valence-corrected chi connectivity index (χ1v) is 10.7. The largest absolute Gasteiger partial charge is 0.573 e. The van der Waals surface area contributed by atoms with Crippen LogP contribution in [0.5, 0.6) is 5.75 Å². The average Bonchev–Trinajstić information content (AvgIpc) is 3.06. The Morgan fingerprint density at radius 3 is 2.41 bits per heavy atom. The maximum Gasteiger partial charge on any atom is 0.573 e. The number of pyridine rings is 1. The molecule has 1 unspecified atom stereocenters. The number of ketones is 1. The van der Waals surface area contributed by atoms with Crippen molar-refractivity contribution >= 4 is 39.1 Å². The highest BCUT2D eigenvalue weighted by atomic mass is 79.9. The number of ether oxygens (including phenoxy) is 1. The van der Waals surface area contributed by atoms with Gasteiger partial charge in [-0.05, 0) is 60.5 Å². The number of aliphatic hydroxyl groups is 1. The minimum atomic E-state index is -4.87. The maximum absolute atomic E-state index is 13.1. The van der Waals surface area contributed by atoms with Gasteiger partial charge in [-0.3, -0.25) is 19.5 Å². The van der Waals surface area contributed by atoms with Crippen LogP contribution in [-0.2, 0) is 9.59 Å². The number of aliphatic hydroxyl groups excluding tert-OH is 1. The summed E-state index contributed by atoms with van der Waals surface area (Å²) < 4.78 is 42.2. The first-order valence-electron chi connectivity index (χ1n) is 9.90. The Hall–Kier alpha value is -3.66. The zero-order valence-electron chi connectivity index (χ0n) is 17.5. The van der Waals surface area contributed by atoms with Crippen molar-refractivity contribution in [3.63, 3.8) is 0 Å². The van der Waals surface area contributed by atoms with Gasteiger partial charge in [-0.25, -0.2) is 0 Å². The number of benzene rings is 2. The summed E-state index contributed by atoms with van der Waals surface area (Å²) in [6.07, 6.45) is -1.91. The van der Waals surface area contributed by atoms with Crippen LogP contribution in [0.3, 0.4) is 0 Å². The predicted molar refractivity (Wildman–Crippen MR) is 121 cm³/mol. The number of anilines is 1. The lowest BCUT2D eigenvalue weighted by molar-refractivity contribution is -0.274. The molecule has 1 amide bonds. The summed E-state index contributed by atoms with van der Waals surface area (Å²) in [5, 5.41) is 11.1. The van der Waals surface area contributed by atoms with Gasteiger partial charge in [0.2, 0.25) is 0 Å². The SMILES string of the molecule is Cc1cc(/C(O)=C2/C(=O)C(=O)N(c3ccc(OC(F)(F)F)cc3)C2c2cccnc2)ccc1Br. The Morgan fingerprint density at radius 2 is 1.82 bits per heavy atom. The summed E-state index contributed by atoms with van der Waals surface area (Å²) in [5.41, 5.74) is 1.57. The van der Waals surface area contributed by atoms with Crippen LogP contribution in [0, 0.1) is 6.92 Å². The maximum atomic E-state index is 13.1. The van der Waals surface area contributed by atoms with Crippen molar-refractivity contribution in [2.24, 2.45) is 0 Å². The molecule has 0 aliphatic carbocycles. The number of carbonyl (C=O) groups is 2. The van der Waals surface area contributed by atoms with Crippen LogP contribution in [0.2, 0.25) is 0 Å². The molecule has 1 saturated heterocycles. The third kappa shape index (κ3) is 4.54. The number of Topliss-reactive ketones (excluding diaryl/α,β-unsaturated/α-hetero) is 1. The van der Waals surface area contributed by atoms with Crippen LogP contribution < -0.4 is 9.64 Å². The Labute approximate surface area is 200 Å². The number of nitrogens with zero attached hydrogens (tertiary/aromatic N) is 2. The zero-order chi connectivity index (χ0) is 24.6. The normalized spacial score (nSPS) is 17.8. The number of amides is 1. The van der Waals surface area contributed by atoms with Gasteiger partial charge < -0.3 is 9.84 Å². The van der Waals surface area contributed by atoms with Crippen molar-refractivity contribution in [2.75, 3.05) is 4.90 Å². The molecule has 1 aliphatic heterocycles. The van der Waals surface area contributed by atoms with E-state index in [9.17, 15) is 27.9 Å². The van der Waals surface area contributed by atoms with Crippen LogP contribution in [-0.4, -0.2) is 28.1 Å². The Balaban J connectivity index is 1.85. The lowest BCUT2D eigenvalue weighted by Gasteiger charge is -2.25. The quantitative estimate of drug-likeness (QED) is 0.265. The molecule has 0 saturated carbocycles.